The quantitative estimate of drug-likeness (QED) is 0.496. The molecule has 10 heteroatoms. The molecule has 1 aliphatic rings. The summed E-state index contributed by atoms with van der Waals surface area (Å²) in [5, 5.41) is 15.4. The van der Waals surface area contributed by atoms with Crippen LogP contribution in [0.3, 0.4) is 0 Å². The largest absolute Gasteiger partial charge is 0.366 e. The number of benzene rings is 2. The number of carbonyl (C=O) groups excluding carboxylic acids is 1. The molecule has 148 valence electrons. The molecule has 0 radical (unpaired) electrons. The summed E-state index contributed by atoms with van der Waals surface area (Å²) >= 11 is 0. The zero-order valence-electron chi connectivity index (χ0n) is 15.3. The van der Waals surface area contributed by atoms with Crippen LogP contribution in [-0.4, -0.2) is 56.7 Å². The summed E-state index contributed by atoms with van der Waals surface area (Å²) in [4.78, 5) is 31.1. The van der Waals surface area contributed by atoms with E-state index < -0.39 is 4.92 Å². The van der Waals surface area contributed by atoms with E-state index in [1.54, 1.807) is 23.1 Å². The van der Waals surface area contributed by atoms with Gasteiger partial charge in [0.2, 0.25) is 0 Å². The van der Waals surface area contributed by atoms with Crippen molar-refractivity contribution in [1.82, 2.24) is 19.7 Å². The molecule has 4 rings (SSSR count). The van der Waals surface area contributed by atoms with Crippen molar-refractivity contribution < 1.29 is 14.1 Å². The van der Waals surface area contributed by atoms with Gasteiger partial charge in [0.1, 0.15) is 24.2 Å². The normalized spacial score (nSPS) is 14.1. The van der Waals surface area contributed by atoms with Crippen LogP contribution in [-0.2, 0) is 0 Å². The Hall–Kier alpha value is -3.82. The molecule has 3 aromatic rings. The van der Waals surface area contributed by atoms with Gasteiger partial charge in [0.15, 0.2) is 0 Å². The smallest absolute Gasteiger partial charge is 0.295 e. The molecule has 0 unspecified atom stereocenters. The number of piperazine rings is 1. The van der Waals surface area contributed by atoms with E-state index in [-0.39, 0.29) is 28.7 Å². The molecule has 1 aliphatic heterocycles. The summed E-state index contributed by atoms with van der Waals surface area (Å²) in [6.45, 7) is 1.75. The molecule has 0 saturated carbocycles. The minimum Gasteiger partial charge on any atom is -0.366 e. The molecule has 1 saturated heterocycles. The van der Waals surface area contributed by atoms with Gasteiger partial charge in [0.05, 0.1) is 10.6 Å². The Kier molecular flexibility index (Phi) is 4.90. The van der Waals surface area contributed by atoms with Gasteiger partial charge in [-0.2, -0.15) is 5.10 Å². The standard InChI is InChI=1S/C19H17FN6O3/c20-15-3-1-2-4-16(15)23-7-9-24(10-8-23)19(27)14-5-6-17(18(11-14)26(28)29)25-13-21-12-22-25/h1-6,11-13H,7-10H2. The third kappa shape index (κ3) is 3.64. The van der Waals surface area contributed by atoms with Crippen LogP contribution in [0.25, 0.3) is 5.69 Å². The minimum absolute atomic E-state index is 0.222. The minimum atomic E-state index is -0.552. The lowest BCUT2D eigenvalue weighted by atomic mass is 10.1. The predicted molar refractivity (Wildman–Crippen MR) is 103 cm³/mol. The van der Waals surface area contributed by atoms with Gasteiger partial charge in [-0.25, -0.2) is 14.1 Å². The number of carbonyl (C=O) groups is 1. The van der Waals surface area contributed by atoms with Crippen LogP contribution in [0.1, 0.15) is 10.4 Å². The summed E-state index contributed by atoms with van der Waals surface area (Å²) in [5.41, 5.74) is 0.729. The Balaban J connectivity index is 1.51. The van der Waals surface area contributed by atoms with Crippen molar-refractivity contribution in [3.8, 4) is 5.69 Å². The number of rotatable bonds is 4. The van der Waals surface area contributed by atoms with Gasteiger partial charge in [-0.1, -0.05) is 12.1 Å². The number of hydrogen-bond acceptors (Lipinski definition) is 6. The van der Waals surface area contributed by atoms with E-state index in [1.807, 2.05) is 4.90 Å². The molecule has 0 N–H and O–H groups in total. The zero-order valence-corrected chi connectivity index (χ0v) is 15.3. The third-order valence-electron chi connectivity index (χ3n) is 4.84. The second-order valence-corrected chi connectivity index (χ2v) is 6.53. The van der Waals surface area contributed by atoms with Crippen LogP contribution in [0.5, 0.6) is 0 Å². The van der Waals surface area contributed by atoms with E-state index >= 15 is 0 Å². The summed E-state index contributed by atoms with van der Waals surface area (Å²) in [6.07, 6.45) is 2.63. The molecule has 1 amide bonds. The fraction of sp³-hybridized carbons (Fsp3) is 0.211. The molecule has 1 fully saturated rings. The molecule has 0 aliphatic carbocycles. The van der Waals surface area contributed by atoms with Crippen molar-refractivity contribution in [1.29, 1.82) is 0 Å². The van der Waals surface area contributed by atoms with Crippen molar-refractivity contribution in [3.63, 3.8) is 0 Å². The number of nitro groups is 1. The van der Waals surface area contributed by atoms with Crippen LogP contribution in [0.15, 0.2) is 55.1 Å². The van der Waals surface area contributed by atoms with Gasteiger partial charge in [-0.05, 0) is 24.3 Å². The van der Waals surface area contributed by atoms with Gasteiger partial charge in [0, 0.05) is 37.8 Å². The Morgan fingerprint density at radius 3 is 2.48 bits per heavy atom. The van der Waals surface area contributed by atoms with Crippen molar-refractivity contribution in [3.05, 3.63) is 76.6 Å². The van der Waals surface area contributed by atoms with Crippen LogP contribution >= 0.6 is 0 Å². The maximum atomic E-state index is 14.0. The number of halogens is 1. The Labute approximate surface area is 165 Å². The lowest BCUT2D eigenvalue weighted by Gasteiger charge is -2.36. The monoisotopic (exact) mass is 396 g/mol. The lowest BCUT2D eigenvalue weighted by Crippen LogP contribution is -2.49. The molecule has 0 spiro atoms. The van der Waals surface area contributed by atoms with Gasteiger partial charge in [0.25, 0.3) is 11.6 Å². The number of amides is 1. The highest BCUT2D eigenvalue weighted by molar-refractivity contribution is 5.95. The predicted octanol–water partition coefficient (Wildman–Crippen LogP) is 2.28. The van der Waals surface area contributed by atoms with Gasteiger partial charge in [-0.15, -0.1) is 0 Å². The van der Waals surface area contributed by atoms with E-state index in [2.05, 4.69) is 10.1 Å². The zero-order chi connectivity index (χ0) is 20.4. The number of aromatic nitrogens is 3. The topological polar surface area (TPSA) is 97.4 Å². The lowest BCUT2D eigenvalue weighted by molar-refractivity contribution is -0.384. The molecular weight excluding hydrogens is 379 g/mol. The number of para-hydroxylation sites is 1. The van der Waals surface area contributed by atoms with Crippen molar-refractivity contribution >= 4 is 17.3 Å². The number of hydrogen-bond donors (Lipinski definition) is 0. The highest BCUT2D eigenvalue weighted by Crippen LogP contribution is 2.25. The summed E-state index contributed by atoms with van der Waals surface area (Å²) < 4.78 is 15.2. The molecule has 9 nitrogen and oxygen atoms in total. The molecular formula is C19H17FN6O3. The maximum Gasteiger partial charge on any atom is 0.295 e. The molecule has 0 bridgehead atoms. The summed E-state index contributed by atoms with van der Waals surface area (Å²) in [7, 11) is 0. The third-order valence-corrected chi connectivity index (χ3v) is 4.84. The molecule has 2 aromatic carbocycles. The Bertz CT molecular complexity index is 1050. The second kappa shape index (κ2) is 7.66. The van der Waals surface area contributed by atoms with Crippen molar-refractivity contribution in [2.75, 3.05) is 31.1 Å². The second-order valence-electron chi connectivity index (χ2n) is 6.53. The van der Waals surface area contributed by atoms with E-state index in [1.165, 1.54) is 41.6 Å². The van der Waals surface area contributed by atoms with Gasteiger partial charge < -0.3 is 9.80 Å². The Morgan fingerprint density at radius 1 is 1.07 bits per heavy atom. The van der Waals surface area contributed by atoms with Gasteiger partial charge >= 0.3 is 0 Å². The molecule has 0 atom stereocenters. The van der Waals surface area contributed by atoms with Crippen LogP contribution < -0.4 is 4.90 Å². The first-order valence-corrected chi connectivity index (χ1v) is 8.97. The van der Waals surface area contributed by atoms with E-state index in [9.17, 15) is 19.3 Å². The van der Waals surface area contributed by atoms with E-state index in [0.29, 0.717) is 31.9 Å². The number of nitrogens with zero attached hydrogens (tertiary/aromatic N) is 6. The van der Waals surface area contributed by atoms with E-state index in [4.69, 9.17) is 0 Å². The highest BCUT2D eigenvalue weighted by Gasteiger charge is 2.26. The van der Waals surface area contributed by atoms with Gasteiger partial charge in [-0.3, -0.25) is 14.9 Å². The van der Waals surface area contributed by atoms with Crippen molar-refractivity contribution in [2.45, 2.75) is 0 Å². The van der Waals surface area contributed by atoms with Crippen LogP contribution in [0.2, 0.25) is 0 Å². The SMILES string of the molecule is O=C(c1ccc(-n2cncn2)c([N+](=O)[O-])c1)N1CCN(c2ccccc2F)CC1. The van der Waals surface area contributed by atoms with Crippen LogP contribution in [0, 0.1) is 15.9 Å². The first-order valence-electron chi connectivity index (χ1n) is 8.97. The van der Waals surface area contributed by atoms with Crippen LogP contribution in [0.4, 0.5) is 15.8 Å². The molecule has 29 heavy (non-hydrogen) atoms. The molecule has 1 aromatic heterocycles. The number of anilines is 1. The number of nitro benzene ring substituents is 1. The highest BCUT2D eigenvalue weighted by atomic mass is 19.1. The maximum absolute atomic E-state index is 14.0. The fourth-order valence-corrected chi connectivity index (χ4v) is 3.37. The average Bonchev–Trinajstić information content (AvgIpc) is 3.28. The van der Waals surface area contributed by atoms with E-state index in [0.717, 1.165) is 0 Å². The first kappa shape index (κ1) is 18.5. The molecule has 2 heterocycles. The Morgan fingerprint density at radius 2 is 1.83 bits per heavy atom. The van der Waals surface area contributed by atoms with Crippen molar-refractivity contribution in [2.24, 2.45) is 0 Å². The average molecular weight is 396 g/mol. The first-order chi connectivity index (χ1) is 14.0. The summed E-state index contributed by atoms with van der Waals surface area (Å²) in [6, 6.07) is 10.8. The fourth-order valence-electron chi connectivity index (χ4n) is 3.37. The summed E-state index contributed by atoms with van der Waals surface area (Å²) in [5.74, 6) is -0.599.